The number of benzene rings is 1. The number of carboxylic acids is 1. The molecule has 32 heavy (non-hydrogen) atoms. The van der Waals surface area contributed by atoms with Crippen LogP contribution in [-0.2, 0) is 11.2 Å². The second-order valence-corrected chi connectivity index (χ2v) is 8.73. The van der Waals surface area contributed by atoms with E-state index in [4.69, 9.17) is 16.3 Å². The summed E-state index contributed by atoms with van der Waals surface area (Å²) >= 11 is 6.38. The van der Waals surface area contributed by atoms with E-state index in [1.165, 1.54) is 19.8 Å². The Morgan fingerprint density at radius 2 is 2.12 bits per heavy atom. The van der Waals surface area contributed by atoms with Gasteiger partial charge in [-0.3, -0.25) is 0 Å². The van der Waals surface area contributed by atoms with Gasteiger partial charge in [0.05, 0.1) is 29.1 Å². The van der Waals surface area contributed by atoms with E-state index >= 15 is 0 Å². The number of carbonyl (C=O) groups excluding carboxylic acids is 1. The number of rotatable bonds is 7. The lowest BCUT2D eigenvalue weighted by Gasteiger charge is -2.17. The van der Waals surface area contributed by atoms with Crippen LogP contribution in [-0.4, -0.2) is 43.7 Å². The van der Waals surface area contributed by atoms with E-state index in [0.29, 0.717) is 40.9 Å². The van der Waals surface area contributed by atoms with Crippen molar-refractivity contribution in [3.8, 4) is 5.75 Å². The van der Waals surface area contributed by atoms with Crippen molar-refractivity contribution >= 4 is 29.1 Å². The van der Waals surface area contributed by atoms with Crippen LogP contribution in [0.4, 0.5) is 0 Å². The van der Waals surface area contributed by atoms with Crippen molar-refractivity contribution in [3.63, 3.8) is 0 Å². The summed E-state index contributed by atoms with van der Waals surface area (Å²) in [4.78, 5) is 29.0. The zero-order valence-corrected chi connectivity index (χ0v) is 18.2. The van der Waals surface area contributed by atoms with E-state index in [1.807, 2.05) is 28.9 Å². The lowest BCUT2D eigenvalue weighted by Crippen LogP contribution is -2.38. The number of carbonyl (C=O) groups is 2. The van der Waals surface area contributed by atoms with Crippen LogP contribution in [0.2, 0.25) is 5.02 Å². The fourth-order valence-electron chi connectivity index (χ4n) is 3.84. The quantitative estimate of drug-likeness (QED) is 0.542. The summed E-state index contributed by atoms with van der Waals surface area (Å²) in [6.45, 7) is 2.11. The van der Waals surface area contributed by atoms with Crippen molar-refractivity contribution in [2.75, 3.05) is 6.61 Å². The summed E-state index contributed by atoms with van der Waals surface area (Å²) in [5.74, 6) is -0.283. The molecule has 1 aliphatic heterocycles. The average molecular weight is 454 g/mol. The maximum absolute atomic E-state index is 12.8. The zero-order valence-electron chi connectivity index (χ0n) is 17.4. The monoisotopic (exact) mass is 453 g/mol. The molecule has 1 amide bonds. The molecule has 1 aromatic carbocycles. The molecule has 0 spiro atoms. The van der Waals surface area contributed by atoms with Crippen LogP contribution in [0.25, 0.3) is 5.65 Å². The van der Waals surface area contributed by atoms with Crippen molar-refractivity contribution in [2.24, 2.45) is 11.0 Å². The second kappa shape index (κ2) is 8.02. The molecule has 1 aliphatic carbocycles. The van der Waals surface area contributed by atoms with Crippen LogP contribution in [0.1, 0.15) is 47.4 Å². The van der Waals surface area contributed by atoms with E-state index < -0.39 is 24.0 Å². The zero-order chi connectivity index (χ0) is 22.4. The number of fused-ring (bicyclic) bond motifs is 2. The van der Waals surface area contributed by atoms with Crippen molar-refractivity contribution < 1.29 is 24.1 Å². The highest BCUT2D eigenvalue weighted by molar-refractivity contribution is 6.32. The Morgan fingerprint density at radius 3 is 2.88 bits per heavy atom. The Hall–Kier alpha value is -3.26. The van der Waals surface area contributed by atoms with Gasteiger partial charge in [-0.05, 0) is 34.6 Å². The molecule has 1 unspecified atom stereocenters. The van der Waals surface area contributed by atoms with Crippen molar-refractivity contribution in [1.82, 2.24) is 9.38 Å². The summed E-state index contributed by atoms with van der Waals surface area (Å²) in [5, 5.41) is 14.4. The summed E-state index contributed by atoms with van der Waals surface area (Å²) in [7, 11) is 0. The molecule has 0 saturated heterocycles. The van der Waals surface area contributed by atoms with Crippen LogP contribution in [0.5, 0.6) is 5.75 Å². The Labute approximate surface area is 189 Å². The van der Waals surface area contributed by atoms with Crippen LogP contribution < -0.4 is 4.74 Å². The Morgan fingerprint density at radius 1 is 1.34 bits per heavy atom. The molecule has 1 saturated carbocycles. The molecular weight excluding hydrogens is 432 g/mol. The average Bonchev–Trinajstić information content (AvgIpc) is 3.53. The van der Waals surface area contributed by atoms with E-state index in [-0.39, 0.29) is 0 Å². The molecule has 0 bridgehead atoms. The van der Waals surface area contributed by atoms with Gasteiger partial charge in [-0.25, -0.2) is 14.6 Å². The van der Waals surface area contributed by atoms with Gasteiger partial charge in [0.2, 0.25) is 0 Å². The minimum atomic E-state index is -1.11. The lowest BCUT2D eigenvalue weighted by atomic mass is 9.95. The third-order valence-electron chi connectivity index (χ3n) is 5.88. The van der Waals surface area contributed by atoms with Gasteiger partial charge in [0.25, 0.3) is 6.04 Å². The predicted molar refractivity (Wildman–Crippen MR) is 115 cm³/mol. The van der Waals surface area contributed by atoms with Gasteiger partial charge in [-0.2, -0.15) is 0 Å². The third kappa shape index (κ3) is 3.86. The summed E-state index contributed by atoms with van der Waals surface area (Å²) in [6, 6.07) is 7.42. The molecule has 2 aromatic heterocycles. The van der Waals surface area contributed by atoms with Gasteiger partial charge in [0.15, 0.2) is 5.75 Å². The highest BCUT2D eigenvalue weighted by Crippen LogP contribution is 2.33. The van der Waals surface area contributed by atoms with E-state index in [0.717, 1.165) is 16.0 Å². The Balaban J connectivity index is 1.47. The lowest BCUT2D eigenvalue weighted by molar-refractivity contribution is -0.529. The summed E-state index contributed by atoms with van der Waals surface area (Å²) < 4.78 is 8.77. The molecule has 2 aliphatic rings. The number of carboxylic acid groups (broad SMARTS) is 1. The van der Waals surface area contributed by atoms with E-state index in [9.17, 15) is 14.7 Å². The minimum absolute atomic E-state index is 0.407. The first-order valence-electron chi connectivity index (χ1n) is 10.6. The van der Waals surface area contributed by atoms with Crippen molar-refractivity contribution in [1.29, 1.82) is 0 Å². The predicted octanol–water partition coefficient (Wildman–Crippen LogP) is 4.15. The van der Waals surface area contributed by atoms with E-state index in [1.54, 1.807) is 18.2 Å². The smallest absolute Gasteiger partial charge is 0.444 e. The number of amides is 1. The molecule has 1 fully saturated rings. The number of hydrogen-bond acceptors (Lipinski definition) is 5. The van der Waals surface area contributed by atoms with Gasteiger partial charge in [0.1, 0.15) is 11.7 Å². The third-order valence-corrected chi connectivity index (χ3v) is 6.17. The molecule has 8 nitrogen and oxygen atoms in total. The molecule has 1 N–H and O–H groups in total. The first kappa shape index (κ1) is 20.6. The number of aromatic nitrogens is 2. The van der Waals surface area contributed by atoms with Gasteiger partial charge >= 0.3 is 11.9 Å². The molecule has 164 valence electrons. The van der Waals surface area contributed by atoms with Crippen LogP contribution >= 0.6 is 11.6 Å². The minimum Gasteiger partial charge on any atom is -0.490 e. The summed E-state index contributed by atoms with van der Waals surface area (Å²) in [5.41, 5.74) is 2.65. The molecule has 5 rings (SSSR count). The molecule has 0 radical (unpaired) electrons. The van der Waals surface area contributed by atoms with Crippen LogP contribution in [0.3, 0.4) is 0 Å². The van der Waals surface area contributed by atoms with Crippen molar-refractivity contribution in [2.45, 2.75) is 38.3 Å². The van der Waals surface area contributed by atoms with Crippen LogP contribution in [0, 0.1) is 5.92 Å². The fraction of sp³-hybridized carbons (Fsp3) is 0.348. The topological polar surface area (TPSA) is 96.3 Å². The maximum atomic E-state index is 12.8. The number of aliphatic carboxylic acids is 1. The normalized spacial score (nSPS) is 18.9. The molecule has 2 atom stereocenters. The van der Waals surface area contributed by atoms with Gasteiger partial charge < -0.3 is 14.2 Å². The number of halogens is 1. The highest BCUT2D eigenvalue weighted by atomic mass is 35.5. The SMILES string of the molecule is C[C@@H](C(=O)O)[N+]1=NC(Cc2cn3cc(OCC4CC4)c(Cl)cc3n2)c2ccccc2C1=O. The fourth-order valence-corrected chi connectivity index (χ4v) is 4.04. The Kier molecular flexibility index (Phi) is 5.17. The first-order valence-corrected chi connectivity index (χ1v) is 10.9. The molecule has 3 aromatic rings. The number of azo groups is 2. The van der Waals surface area contributed by atoms with Crippen LogP contribution in [0.15, 0.2) is 47.8 Å². The number of pyridine rings is 1. The molecule has 9 heteroatoms. The number of imidazole rings is 1. The molecule has 3 heterocycles. The van der Waals surface area contributed by atoms with Gasteiger partial charge in [0, 0.05) is 31.2 Å². The first-order chi connectivity index (χ1) is 15.4. The van der Waals surface area contributed by atoms with E-state index in [2.05, 4.69) is 10.1 Å². The Bertz CT molecular complexity index is 1260. The maximum Gasteiger partial charge on any atom is 0.444 e. The second-order valence-electron chi connectivity index (χ2n) is 8.32. The summed E-state index contributed by atoms with van der Waals surface area (Å²) in [6.07, 6.45) is 6.51. The van der Waals surface area contributed by atoms with Gasteiger partial charge in [-0.1, -0.05) is 29.8 Å². The standard InChI is InChI=1S/C23H21ClN4O4/c1-13(23(30)31)28-22(29)17-5-3-2-4-16(17)19(26-28)8-15-10-27-11-20(32-12-14-6-7-14)18(24)9-21(27)25-15/h2-5,9-11,13-14,19H,6-8,12H2,1H3/p+1/t13-,19?/m0/s1. The van der Waals surface area contributed by atoms with Gasteiger partial charge in [-0.15, -0.1) is 0 Å². The number of nitrogens with zero attached hydrogens (tertiary/aromatic N) is 4. The number of ether oxygens (including phenoxy) is 1. The highest BCUT2D eigenvalue weighted by Gasteiger charge is 2.41. The largest absolute Gasteiger partial charge is 0.490 e. The number of hydrogen-bond donors (Lipinski definition) is 1. The van der Waals surface area contributed by atoms with Crippen molar-refractivity contribution in [3.05, 3.63) is 64.6 Å². The molecular formula is C23H22ClN4O4+.